The highest BCUT2D eigenvalue weighted by Crippen LogP contribution is 2.30. The average molecular weight is 265 g/mol. The molecule has 0 bridgehead atoms. The molecule has 0 spiro atoms. The van der Waals surface area contributed by atoms with Crippen LogP contribution in [-0.4, -0.2) is 38.5 Å². The molecule has 1 unspecified atom stereocenters. The summed E-state index contributed by atoms with van der Waals surface area (Å²) < 4.78 is 16.9. The smallest absolute Gasteiger partial charge is 0.161 e. The van der Waals surface area contributed by atoms with Crippen LogP contribution in [0.2, 0.25) is 0 Å². The van der Waals surface area contributed by atoms with Crippen molar-refractivity contribution in [2.24, 2.45) is 0 Å². The third kappa shape index (κ3) is 4.11. The van der Waals surface area contributed by atoms with Crippen molar-refractivity contribution in [2.75, 3.05) is 26.8 Å². The first kappa shape index (κ1) is 14.2. The maximum atomic E-state index is 5.87. The van der Waals surface area contributed by atoms with Crippen LogP contribution in [0.5, 0.6) is 11.5 Å². The van der Waals surface area contributed by atoms with Crippen molar-refractivity contribution in [2.45, 2.75) is 32.0 Å². The van der Waals surface area contributed by atoms with Crippen molar-refractivity contribution >= 4 is 0 Å². The molecule has 0 saturated heterocycles. The molecule has 1 N–H and O–H groups in total. The van der Waals surface area contributed by atoms with Gasteiger partial charge in [0.2, 0.25) is 0 Å². The summed E-state index contributed by atoms with van der Waals surface area (Å²) in [5.41, 5.74) is -0.0798. The number of rotatable bonds is 6. The van der Waals surface area contributed by atoms with E-state index in [9.17, 15) is 0 Å². The van der Waals surface area contributed by atoms with Gasteiger partial charge in [-0.3, -0.25) is 0 Å². The van der Waals surface area contributed by atoms with Gasteiger partial charge in [0, 0.05) is 13.7 Å². The number of nitrogens with one attached hydrogen (secondary N) is 1. The summed E-state index contributed by atoms with van der Waals surface area (Å²) >= 11 is 0. The number of methoxy groups -OCH3 is 1. The summed E-state index contributed by atoms with van der Waals surface area (Å²) in [5.74, 6) is 1.66. The fraction of sp³-hybridized carbons (Fsp3) is 0.600. The van der Waals surface area contributed by atoms with Crippen molar-refractivity contribution in [3.63, 3.8) is 0 Å². The maximum Gasteiger partial charge on any atom is 0.161 e. The molecule has 0 aliphatic carbocycles. The van der Waals surface area contributed by atoms with Gasteiger partial charge in [-0.25, -0.2) is 0 Å². The number of hydrogen-bond donors (Lipinski definition) is 1. The van der Waals surface area contributed by atoms with E-state index in [0.29, 0.717) is 6.61 Å². The van der Waals surface area contributed by atoms with Crippen molar-refractivity contribution in [1.82, 2.24) is 5.32 Å². The molecule has 0 fully saturated rings. The Bertz CT molecular complexity index is 406. The van der Waals surface area contributed by atoms with Crippen molar-refractivity contribution in [1.29, 1.82) is 0 Å². The third-order valence-corrected chi connectivity index (χ3v) is 3.40. The minimum Gasteiger partial charge on any atom is -0.486 e. The highest BCUT2D eigenvalue weighted by molar-refractivity contribution is 5.40. The molecule has 1 aliphatic heterocycles. The van der Waals surface area contributed by atoms with Crippen LogP contribution in [0, 0.1) is 0 Å². The van der Waals surface area contributed by atoms with Gasteiger partial charge in [0.1, 0.15) is 12.7 Å². The van der Waals surface area contributed by atoms with Gasteiger partial charge in [-0.05, 0) is 38.9 Å². The lowest BCUT2D eigenvalue weighted by Gasteiger charge is -2.27. The van der Waals surface area contributed by atoms with Gasteiger partial charge < -0.3 is 19.5 Å². The Hall–Kier alpha value is -1.26. The van der Waals surface area contributed by atoms with Gasteiger partial charge in [-0.2, -0.15) is 0 Å². The zero-order valence-corrected chi connectivity index (χ0v) is 11.9. The monoisotopic (exact) mass is 265 g/mol. The lowest BCUT2D eigenvalue weighted by Crippen LogP contribution is -2.40. The molecule has 2 rings (SSSR count). The van der Waals surface area contributed by atoms with E-state index in [1.54, 1.807) is 7.11 Å². The molecule has 1 aliphatic rings. The predicted molar refractivity (Wildman–Crippen MR) is 74.9 cm³/mol. The zero-order valence-electron chi connectivity index (χ0n) is 11.9. The fourth-order valence-electron chi connectivity index (χ4n) is 1.92. The second kappa shape index (κ2) is 6.26. The molecule has 4 heteroatoms. The third-order valence-electron chi connectivity index (χ3n) is 3.40. The van der Waals surface area contributed by atoms with E-state index < -0.39 is 0 Å². The minimum atomic E-state index is -0.0798. The van der Waals surface area contributed by atoms with Crippen LogP contribution in [0.15, 0.2) is 24.3 Å². The first-order valence-electron chi connectivity index (χ1n) is 6.75. The van der Waals surface area contributed by atoms with Crippen molar-refractivity contribution < 1.29 is 14.2 Å². The highest BCUT2D eigenvalue weighted by atomic mass is 16.6. The molecular formula is C15H23NO3. The van der Waals surface area contributed by atoms with Crippen LogP contribution >= 0.6 is 0 Å². The number of ether oxygens (including phenoxy) is 3. The molecule has 0 saturated carbocycles. The van der Waals surface area contributed by atoms with Gasteiger partial charge in [-0.1, -0.05) is 12.1 Å². The second-order valence-electron chi connectivity index (χ2n) is 5.42. The summed E-state index contributed by atoms with van der Waals surface area (Å²) in [6.45, 7) is 6.46. The van der Waals surface area contributed by atoms with Crippen molar-refractivity contribution in [3.05, 3.63) is 24.3 Å². The second-order valence-corrected chi connectivity index (χ2v) is 5.42. The molecule has 4 nitrogen and oxygen atoms in total. The van der Waals surface area contributed by atoms with Gasteiger partial charge in [0.25, 0.3) is 0 Å². The first-order chi connectivity index (χ1) is 9.11. The molecule has 0 aromatic heterocycles. The number of hydrogen-bond acceptors (Lipinski definition) is 4. The summed E-state index contributed by atoms with van der Waals surface area (Å²) in [7, 11) is 1.75. The van der Waals surface area contributed by atoms with E-state index in [2.05, 4.69) is 19.2 Å². The van der Waals surface area contributed by atoms with Crippen molar-refractivity contribution in [3.8, 4) is 11.5 Å². The summed E-state index contributed by atoms with van der Waals surface area (Å²) in [6, 6.07) is 7.78. The summed E-state index contributed by atoms with van der Waals surface area (Å²) in [6.07, 6.45) is 1.04. The van der Waals surface area contributed by atoms with Gasteiger partial charge in [0.15, 0.2) is 11.5 Å². The van der Waals surface area contributed by atoms with Crippen LogP contribution in [0.1, 0.15) is 20.3 Å². The predicted octanol–water partition coefficient (Wildman–Crippen LogP) is 2.23. The Morgan fingerprint density at radius 2 is 2.05 bits per heavy atom. The average Bonchev–Trinajstić information content (AvgIpc) is 2.43. The standard InChI is InChI=1S/C15H23NO3/c1-15(2,17-3)8-9-16-10-12-11-18-13-6-4-5-7-14(13)19-12/h4-7,12,16H,8-11H2,1-3H3. The normalized spacial score (nSPS) is 18.4. The SMILES string of the molecule is COC(C)(C)CCNCC1COc2ccccc2O1. The maximum absolute atomic E-state index is 5.87. The van der Waals surface area contributed by atoms with E-state index in [4.69, 9.17) is 14.2 Å². The van der Waals surface area contributed by atoms with Gasteiger partial charge >= 0.3 is 0 Å². The van der Waals surface area contributed by atoms with E-state index in [1.807, 2.05) is 24.3 Å². The van der Waals surface area contributed by atoms with Crippen LogP contribution in [0.25, 0.3) is 0 Å². The highest BCUT2D eigenvalue weighted by Gasteiger charge is 2.20. The Labute approximate surface area is 115 Å². The fourth-order valence-corrected chi connectivity index (χ4v) is 1.92. The molecule has 1 heterocycles. The summed E-state index contributed by atoms with van der Waals surface area (Å²) in [4.78, 5) is 0. The Morgan fingerprint density at radius 3 is 2.79 bits per heavy atom. The Morgan fingerprint density at radius 1 is 1.32 bits per heavy atom. The molecule has 1 aromatic rings. The topological polar surface area (TPSA) is 39.7 Å². The van der Waals surface area contributed by atoms with E-state index in [0.717, 1.165) is 31.0 Å². The molecule has 19 heavy (non-hydrogen) atoms. The molecule has 0 amide bonds. The van der Waals surface area contributed by atoms with Crippen LogP contribution in [0.4, 0.5) is 0 Å². The van der Waals surface area contributed by atoms with Gasteiger partial charge in [-0.15, -0.1) is 0 Å². The Balaban J connectivity index is 1.71. The van der Waals surface area contributed by atoms with E-state index >= 15 is 0 Å². The number of fused-ring (bicyclic) bond motifs is 1. The van der Waals surface area contributed by atoms with E-state index in [1.165, 1.54) is 0 Å². The van der Waals surface area contributed by atoms with Crippen LogP contribution < -0.4 is 14.8 Å². The molecule has 0 radical (unpaired) electrons. The van der Waals surface area contributed by atoms with E-state index in [-0.39, 0.29) is 11.7 Å². The Kier molecular flexibility index (Phi) is 4.66. The van der Waals surface area contributed by atoms with Gasteiger partial charge in [0.05, 0.1) is 5.60 Å². The largest absolute Gasteiger partial charge is 0.486 e. The molecule has 106 valence electrons. The summed E-state index contributed by atoms with van der Waals surface area (Å²) in [5, 5.41) is 3.39. The van der Waals surface area contributed by atoms with Crippen LogP contribution in [0.3, 0.4) is 0 Å². The molecule has 1 aromatic carbocycles. The first-order valence-corrected chi connectivity index (χ1v) is 6.75. The lowest BCUT2D eigenvalue weighted by atomic mass is 10.1. The number of benzene rings is 1. The molecule has 1 atom stereocenters. The minimum absolute atomic E-state index is 0.0700. The quantitative estimate of drug-likeness (QED) is 0.801. The van der Waals surface area contributed by atoms with Crippen LogP contribution in [-0.2, 0) is 4.74 Å². The number of para-hydroxylation sites is 2. The zero-order chi connectivity index (χ0) is 13.7. The molecular weight excluding hydrogens is 242 g/mol. The lowest BCUT2D eigenvalue weighted by molar-refractivity contribution is 0.0148.